The van der Waals surface area contributed by atoms with Crippen molar-refractivity contribution in [2.75, 3.05) is 6.61 Å². The molecule has 0 fully saturated rings. The molecule has 16 heavy (non-hydrogen) atoms. The van der Waals surface area contributed by atoms with Crippen LogP contribution in [0.15, 0.2) is 37.0 Å². The van der Waals surface area contributed by atoms with Crippen molar-refractivity contribution in [3.63, 3.8) is 0 Å². The Morgan fingerprint density at radius 3 is 2.44 bits per heavy atom. The number of rotatable bonds is 4. The van der Waals surface area contributed by atoms with Crippen LogP contribution < -0.4 is 0 Å². The van der Waals surface area contributed by atoms with Gasteiger partial charge in [0.1, 0.15) is 6.61 Å². The second-order valence-electron chi connectivity index (χ2n) is 2.62. The third-order valence-corrected chi connectivity index (χ3v) is 1.53. The first-order valence-electron chi connectivity index (χ1n) is 4.38. The predicted octanol–water partition coefficient (Wildman–Crippen LogP) is 0.966. The molecule has 0 saturated heterocycles. The second-order valence-corrected chi connectivity index (χ2v) is 2.62. The fourth-order valence-electron chi connectivity index (χ4n) is 0.841. The first kappa shape index (κ1) is 12.0. The molecule has 0 spiro atoms. The van der Waals surface area contributed by atoms with Crippen molar-refractivity contribution in [2.45, 2.75) is 6.42 Å². The third kappa shape index (κ3) is 3.25. The van der Waals surface area contributed by atoms with Gasteiger partial charge in [0.25, 0.3) is 0 Å². The summed E-state index contributed by atoms with van der Waals surface area (Å²) in [4.78, 5) is 31.0. The molecule has 0 aromatic carbocycles. The van der Waals surface area contributed by atoms with Gasteiger partial charge in [0.15, 0.2) is 5.76 Å². The van der Waals surface area contributed by atoms with Crippen molar-refractivity contribution < 1.29 is 28.8 Å². The van der Waals surface area contributed by atoms with Crippen molar-refractivity contribution in [1.29, 1.82) is 0 Å². The lowest BCUT2D eigenvalue weighted by Gasteiger charge is -2.16. The number of esters is 2. The molecule has 0 aliphatic carbocycles. The topological polar surface area (TPSA) is 71.1 Å². The lowest BCUT2D eigenvalue weighted by atomic mass is 10.3. The van der Waals surface area contributed by atoms with Gasteiger partial charge in [0, 0.05) is 18.6 Å². The zero-order valence-electron chi connectivity index (χ0n) is 8.43. The van der Waals surface area contributed by atoms with Gasteiger partial charge < -0.3 is 9.47 Å². The van der Waals surface area contributed by atoms with Crippen molar-refractivity contribution in [1.82, 2.24) is 0 Å². The highest BCUT2D eigenvalue weighted by Crippen LogP contribution is 2.19. The fraction of sp³-hybridized carbons (Fsp3) is 0.200. The highest BCUT2D eigenvalue weighted by Gasteiger charge is 2.22. The molecule has 6 nitrogen and oxygen atoms in total. The zero-order chi connectivity index (χ0) is 12.0. The van der Waals surface area contributed by atoms with Crippen LogP contribution in [-0.4, -0.2) is 18.5 Å². The van der Waals surface area contributed by atoms with Crippen molar-refractivity contribution in [3.8, 4) is 0 Å². The smallest absolute Gasteiger partial charge is 0.364 e. The minimum absolute atomic E-state index is 0.0753. The van der Waals surface area contributed by atoms with E-state index >= 15 is 0 Å². The van der Waals surface area contributed by atoms with Gasteiger partial charge in [-0.1, -0.05) is 13.2 Å². The van der Waals surface area contributed by atoms with E-state index in [1.807, 2.05) is 0 Å². The first-order valence-corrected chi connectivity index (χ1v) is 4.38. The van der Waals surface area contributed by atoms with E-state index in [-0.39, 0.29) is 24.7 Å². The third-order valence-electron chi connectivity index (χ3n) is 1.53. The molecule has 0 unspecified atom stereocenters. The van der Waals surface area contributed by atoms with Gasteiger partial charge in [0.2, 0.25) is 0 Å². The van der Waals surface area contributed by atoms with Crippen LogP contribution in [0.2, 0.25) is 0 Å². The van der Waals surface area contributed by atoms with Gasteiger partial charge in [-0.15, -0.1) is 0 Å². The van der Waals surface area contributed by atoms with E-state index in [0.717, 1.165) is 12.2 Å². The van der Waals surface area contributed by atoms with Gasteiger partial charge in [-0.05, 0) is 0 Å². The molecule has 0 radical (unpaired) electrons. The first-order chi connectivity index (χ1) is 7.67. The molecule has 0 saturated carbocycles. The average Bonchev–Trinajstić information content (AvgIpc) is 2.31. The summed E-state index contributed by atoms with van der Waals surface area (Å²) >= 11 is 0. The predicted molar refractivity (Wildman–Crippen MR) is 51.3 cm³/mol. The lowest BCUT2D eigenvalue weighted by Crippen LogP contribution is -2.17. The quantitative estimate of drug-likeness (QED) is 0.404. The Balaban J connectivity index is 2.78. The molecule has 0 aromatic rings. The van der Waals surface area contributed by atoms with Crippen LogP contribution in [0.3, 0.4) is 0 Å². The molecule has 0 bridgehead atoms. The minimum atomic E-state index is -0.743. The Kier molecular flexibility index (Phi) is 4.28. The highest BCUT2D eigenvalue weighted by atomic mass is 17.2. The summed E-state index contributed by atoms with van der Waals surface area (Å²) in [6.45, 7) is 6.64. The fourth-order valence-corrected chi connectivity index (χ4v) is 0.841. The molecule has 0 atom stereocenters. The Morgan fingerprint density at radius 1 is 1.19 bits per heavy atom. The van der Waals surface area contributed by atoms with E-state index in [1.54, 1.807) is 0 Å². The van der Waals surface area contributed by atoms with Gasteiger partial charge in [-0.25, -0.2) is 9.59 Å². The average molecular weight is 226 g/mol. The van der Waals surface area contributed by atoms with Crippen LogP contribution in [-0.2, 0) is 28.8 Å². The maximum Gasteiger partial charge on any atom is 0.364 e. The largest absolute Gasteiger partial charge is 0.420 e. The van der Waals surface area contributed by atoms with Crippen LogP contribution in [0.5, 0.6) is 0 Å². The molecule has 0 amide bonds. The van der Waals surface area contributed by atoms with Crippen LogP contribution >= 0.6 is 0 Å². The Morgan fingerprint density at radius 2 is 1.81 bits per heavy atom. The Hall–Kier alpha value is -2.08. The van der Waals surface area contributed by atoms with Crippen LogP contribution in [0.4, 0.5) is 0 Å². The van der Waals surface area contributed by atoms with Gasteiger partial charge in [0.05, 0.1) is 0 Å². The van der Waals surface area contributed by atoms with Crippen molar-refractivity contribution in [3.05, 3.63) is 37.0 Å². The minimum Gasteiger partial charge on any atom is -0.420 e. The maximum atomic E-state index is 10.9. The second kappa shape index (κ2) is 5.72. The van der Waals surface area contributed by atoms with E-state index in [9.17, 15) is 9.59 Å². The zero-order valence-corrected chi connectivity index (χ0v) is 8.43. The number of hydrogen-bond acceptors (Lipinski definition) is 6. The number of carbonyl (C=O) groups is 2. The standard InChI is InChI=1S/C10H10O6/c1-3-8(11)14-7-5-6-13-16-10(7)15-9(12)4-2/h3-4H,1-2,5-6H2. The molecule has 6 heteroatoms. The molecule has 1 aliphatic heterocycles. The van der Waals surface area contributed by atoms with Crippen LogP contribution in [0, 0.1) is 0 Å². The normalized spacial score (nSPS) is 14.8. The molecule has 0 N–H and O–H groups in total. The summed E-state index contributed by atoms with van der Waals surface area (Å²) in [7, 11) is 0. The monoisotopic (exact) mass is 226 g/mol. The van der Waals surface area contributed by atoms with Gasteiger partial charge in [-0.3, -0.25) is 4.89 Å². The molecular weight excluding hydrogens is 216 g/mol. The lowest BCUT2D eigenvalue weighted by molar-refractivity contribution is -0.302. The Bertz CT molecular complexity index is 320. The molecule has 86 valence electrons. The molecule has 0 aromatic heterocycles. The summed E-state index contributed by atoms with van der Waals surface area (Å²) in [6, 6.07) is 0. The highest BCUT2D eigenvalue weighted by molar-refractivity contribution is 5.83. The van der Waals surface area contributed by atoms with E-state index in [1.165, 1.54) is 0 Å². The molecule has 1 aliphatic rings. The van der Waals surface area contributed by atoms with Gasteiger partial charge >= 0.3 is 17.9 Å². The van der Waals surface area contributed by atoms with Crippen molar-refractivity contribution in [2.24, 2.45) is 0 Å². The van der Waals surface area contributed by atoms with Crippen molar-refractivity contribution >= 4 is 11.9 Å². The van der Waals surface area contributed by atoms with E-state index in [0.29, 0.717) is 0 Å². The molecular formula is C10H10O6. The van der Waals surface area contributed by atoms with E-state index in [4.69, 9.17) is 4.74 Å². The molecule has 1 rings (SSSR count). The van der Waals surface area contributed by atoms with E-state index in [2.05, 4.69) is 27.7 Å². The summed E-state index contributed by atoms with van der Waals surface area (Å²) in [5.41, 5.74) is 0. The maximum absolute atomic E-state index is 10.9. The summed E-state index contributed by atoms with van der Waals surface area (Å²) < 4.78 is 9.47. The Labute approximate surface area is 91.7 Å². The van der Waals surface area contributed by atoms with Crippen LogP contribution in [0.25, 0.3) is 0 Å². The SMILES string of the molecule is C=CC(=O)OC1=C(OC(=O)C=C)OOCC1. The van der Waals surface area contributed by atoms with E-state index < -0.39 is 11.9 Å². The summed E-state index contributed by atoms with van der Waals surface area (Å²) in [6.07, 6.45) is 2.17. The summed E-state index contributed by atoms with van der Waals surface area (Å²) in [5.74, 6) is -1.64. The molecule has 1 heterocycles. The summed E-state index contributed by atoms with van der Waals surface area (Å²) in [5, 5.41) is 0. The van der Waals surface area contributed by atoms with Gasteiger partial charge in [-0.2, -0.15) is 4.89 Å². The number of ether oxygens (including phenoxy) is 2. The number of hydrogen-bond donors (Lipinski definition) is 0. The number of carbonyl (C=O) groups excluding carboxylic acids is 2. The van der Waals surface area contributed by atoms with Crippen LogP contribution in [0.1, 0.15) is 6.42 Å².